The van der Waals surface area contributed by atoms with Crippen molar-refractivity contribution in [3.63, 3.8) is 0 Å². The Bertz CT molecular complexity index is 489. The van der Waals surface area contributed by atoms with Crippen LogP contribution in [0.5, 0.6) is 0 Å². The Morgan fingerprint density at radius 1 is 1.28 bits per heavy atom. The number of hydrogen-bond acceptors (Lipinski definition) is 4. The molecule has 1 saturated carbocycles. The Morgan fingerprint density at radius 2 is 2.11 bits per heavy atom. The maximum Gasteiger partial charge on any atom is 0.183 e. The van der Waals surface area contributed by atoms with Crippen LogP contribution in [0.3, 0.4) is 0 Å². The number of thiazole rings is 1. The third-order valence-electron chi connectivity index (χ3n) is 3.78. The third kappa shape index (κ3) is 2.49. The van der Waals surface area contributed by atoms with Crippen LogP contribution in [0.4, 0.5) is 5.13 Å². The first-order valence-corrected chi connectivity index (χ1v) is 7.49. The molecule has 1 aliphatic rings. The second-order valence-corrected chi connectivity index (χ2v) is 6.11. The van der Waals surface area contributed by atoms with Crippen LogP contribution in [0.25, 0.3) is 10.2 Å². The van der Waals surface area contributed by atoms with Crippen LogP contribution in [0, 0.1) is 5.92 Å². The maximum absolute atomic E-state index is 6.16. The molecule has 0 saturated heterocycles. The molecule has 0 spiro atoms. The lowest BCUT2D eigenvalue weighted by Gasteiger charge is -2.28. The van der Waals surface area contributed by atoms with E-state index in [0.717, 1.165) is 17.2 Å². The molecule has 0 amide bonds. The summed E-state index contributed by atoms with van der Waals surface area (Å²) in [5.74, 6) is 0.603. The summed E-state index contributed by atoms with van der Waals surface area (Å²) in [4.78, 5) is 4.59. The van der Waals surface area contributed by atoms with Crippen LogP contribution in [0.15, 0.2) is 24.3 Å². The van der Waals surface area contributed by atoms with Gasteiger partial charge in [0.25, 0.3) is 0 Å². The summed E-state index contributed by atoms with van der Waals surface area (Å²) in [6, 6.07) is 8.62. The van der Waals surface area contributed by atoms with Crippen molar-refractivity contribution >= 4 is 26.7 Å². The zero-order valence-corrected chi connectivity index (χ0v) is 11.2. The van der Waals surface area contributed by atoms with Crippen molar-refractivity contribution in [2.45, 2.75) is 31.7 Å². The summed E-state index contributed by atoms with van der Waals surface area (Å²) in [5, 5.41) is 4.48. The summed E-state index contributed by atoms with van der Waals surface area (Å²) in [7, 11) is 0. The first kappa shape index (κ1) is 11.9. The Morgan fingerprint density at radius 3 is 2.94 bits per heavy atom. The zero-order valence-electron chi connectivity index (χ0n) is 10.4. The predicted octanol–water partition coefficient (Wildman–Crippen LogP) is 3.23. The molecule has 18 heavy (non-hydrogen) atoms. The molecule has 0 aliphatic heterocycles. The number of hydrogen-bond donors (Lipinski definition) is 2. The molecule has 4 heteroatoms. The minimum Gasteiger partial charge on any atom is -0.361 e. The standard InChI is InChI=1S/C14H19N3S/c15-11-6-2-1-5-10(11)9-16-14-17-12-7-3-4-8-13(12)18-14/h3-4,7-8,10-11H,1-2,5-6,9,15H2,(H,16,17). The lowest BCUT2D eigenvalue weighted by atomic mass is 9.85. The molecule has 0 bridgehead atoms. The van der Waals surface area contributed by atoms with Crippen molar-refractivity contribution in [3.05, 3.63) is 24.3 Å². The minimum atomic E-state index is 0.362. The van der Waals surface area contributed by atoms with Crippen molar-refractivity contribution in [2.75, 3.05) is 11.9 Å². The minimum absolute atomic E-state index is 0.362. The van der Waals surface area contributed by atoms with Gasteiger partial charge >= 0.3 is 0 Å². The molecule has 1 aromatic heterocycles. The highest BCUT2D eigenvalue weighted by molar-refractivity contribution is 7.22. The fourth-order valence-electron chi connectivity index (χ4n) is 2.66. The summed E-state index contributed by atoms with van der Waals surface area (Å²) in [6.07, 6.45) is 5.03. The molecular weight excluding hydrogens is 242 g/mol. The van der Waals surface area contributed by atoms with Crippen molar-refractivity contribution in [3.8, 4) is 0 Å². The SMILES string of the molecule is NC1CCCCC1CNc1nc2ccccc2s1. The largest absolute Gasteiger partial charge is 0.361 e. The van der Waals surface area contributed by atoms with Gasteiger partial charge < -0.3 is 11.1 Å². The number of para-hydroxylation sites is 1. The molecule has 96 valence electrons. The monoisotopic (exact) mass is 261 g/mol. The Labute approximate surface area is 111 Å². The van der Waals surface area contributed by atoms with Crippen LogP contribution >= 0.6 is 11.3 Å². The average Bonchev–Trinajstić information content (AvgIpc) is 2.80. The van der Waals surface area contributed by atoms with Crippen molar-refractivity contribution < 1.29 is 0 Å². The van der Waals surface area contributed by atoms with E-state index in [0.29, 0.717) is 12.0 Å². The highest BCUT2D eigenvalue weighted by Crippen LogP contribution is 2.27. The van der Waals surface area contributed by atoms with E-state index in [-0.39, 0.29) is 0 Å². The zero-order chi connectivity index (χ0) is 12.4. The molecular formula is C14H19N3S. The Kier molecular flexibility index (Phi) is 3.48. The van der Waals surface area contributed by atoms with Crippen molar-refractivity contribution in [1.29, 1.82) is 0 Å². The summed E-state index contributed by atoms with van der Waals surface area (Å²) >= 11 is 1.72. The Balaban J connectivity index is 1.65. The van der Waals surface area contributed by atoms with E-state index in [1.807, 2.05) is 6.07 Å². The van der Waals surface area contributed by atoms with E-state index in [4.69, 9.17) is 5.73 Å². The number of nitrogens with one attached hydrogen (secondary N) is 1. The van der Waals surface area contributed by atoms with E-state index in [1.165, 1.54) is 30.4 Å². The summed E-state index contributed by atoms with van der Waals surface area (Å²) < 4.78 is 1.24. The molecule has 2 atom stereocenters. The predicted molar refractivity (Wildman–Crippen MR) is 78.0 cm³/mol. The number of fused-ring (bicyclic) bond motifs is 1. The number of nitrogens with zero attached hydrogens (tertiary/aromatic N) is 1. The molecule has 2 unspecified atom stereocenters. The van der Waals surface area contributed by atoms with Crippen LogP contribution in [-0.4, -0.2) is 17.6 Å². The van der Waals surface area contributed by atoms with Gasteiger partial charge in [0.2, 0.25) is 0 Å². The van der Waals surface area contributed by atoms with E-state index in [9.17, 15) is 0 Å². The first-order chi connectivity index (χ1) is 8.83. The second kappa shape index (κ2) is 5.24. The van der Waals surface area contributed by atoms with Crippen LogP contribution in [-0.2, 0) is 0 Å². The lowest BCUT2D eigenvalue weighted by molar-refractivity contribution is 0.321. The second-order valence-electron chi connectivity index (χ2n) is 5.08. The summed E-state index contributed by atoms with van der Waals surface area (Å²) in [6.45, 7) is 0.959. The van der Waals surface area contributed by atoms with E-state index in [1.54, 1.807) is 11.3 Å². The van der Waals surface area contributed by atoms with Gasteiger partial charge in [0, 0.05) is 12.6 Å². The Hall–Kier alpha value is -1.13. The van der Waals surface area contributed by atoms with Gasteiger partial charge in [0.15, 0.2) is 5.13 Å². The van der Waals surface area contributed by atoms with Crippen molar-refractivity contribution in [2.24, 2.45) is 11.7 Å². The van der Waals surface area contributed by atoms with Crippen LogP contribution in [0.1, 0.15) is 25.7 Å². The number of benzene rings is 1. The van der Waals surface area contributed by atoms with Gasteiger partial charge in [0.1, 0.15) is 0 Å². The lowest BCUT2D eigenvalue weighted by Crippen LogP contribution is -2.37. The van der Waals surface area contributed by atoms with E-state index >= 15 is 0 Å². The van der Waals surface area contributed by atoms with E-state index in [2.05, 4.69) is 28.5 Å². The number of aromatic nitrogens is 1. The molecule has 1 aromatic carbocycles. The molecule has 3 N–H and O–H groups in total. The molecule has 0 radical (unpaired) electrons. The maximum atomic E-state index is 6.16. The molecule has 1 heterocycles. The van der Waals surface area contributed by atoms with Crippen LogP contribution in [0.2, 0.25) is 0 Å². The van der Waals surface area contributed by atoms with Crippen molar-refractivity contribution in [1.82, 2.24) is 4.98 Å². The number of rotatable bonds is 3. The normalized spacial score (nSPS) is 24.3. The molecule has 2 aromatic rings. The van der Waals surface area contributed by atoms with E-state index < -0.39 is 0 Å². The highest BCUT2D eigenvalue weighted by atomic mass is 32.1. The fourth-order valence-corrected chi connectivity index (χ4v) is 3.53. The van der Waals surface area contributed by atoms with Gasteiger partial charge in [-0.25, -0.2) is 4.98 Å². The quantitative estimate of drug-likeness (QED) is 0.892. The van der Waals surface area contributed by atoms with Gasteiger partial charge in [-0.1, -0.05) is 36.3 Å². The number of nitrogens with two attached hydrogens (primary N) is 1. The van der Waals surface area contributed by atoms with Gasteiger partial charge in [-0.15, -0.1) is 0 Å². The van der Waals surface area contributed by atoms with Gasteiger partial charge in [-0.2, -0.15) is 0 Å². The highest BCUT2D eigenvalue weighted by Gasteiger charge is 2.21. The molecule has 3 rings (SSSR count). The molecule has 1 fully saturated rings. The molecule has 1 aliphatic carbocycles. The van der Waals surface area contributed by atoms with Gasteiger partial charge in [0.05, 0.1) is 10.2 Å². The molecule has 3 nitrogen and oxygen atoms in total. The number of anilines is 1. The van der Waals surface area contributed by atoms with Crippen LogP contribution < -0.4 is 11.1 Å². The van der Waals surface area contributed by atoms with Gasteiger partial charge in [-0.05, 0) is 30.9 Å². The smallest absolute Gasteiger partial charge is 0.183 e. The summed E-state index contributed by atoms with van der Waals surface area (Å²) in [5.41, 5.74) is 7.24. The third-order valence-corrected chi connectivity index (χ3v) is 4.77. The topological polar surface area (TPSA) is 50.9 Å². The first-order valence-electron chi connectivity index (χ1n) is 6.68. The fraction of sp³-hybridized carbons (Fsp3) is 0.500. The average molecular weight is 261 g/mol. The van der Waals surface area contributed by atoms with Gasteiger partial charge in [-0.3, -0.25) is 0 Å².